The summed E-state index contributed by atoms with van der Waals surface area (Å²) in [5.41, 5.74) is 5.39. The van der Waals surface area contributed by atoms with Gasteiger partial charge in [0, 0.05) is 27.6 Å². The lowest BCUT2D eigenvalue weighted by Crippen LogP contribution is -2.18. The van der Waals surface area contributed by atoms with Gasteiger partial charge in [-0.15, -0.1) is 0 Å². The van der Waals surface area contributed by atoms with Crippen molar-refractivity contribution in [3.63, 3.8) is 0 Å². The van der Waals surface area contributed by atoms with Crippen molar-refractivity contribution in [1.29, 1.82) is 0 Å². The molecule has 0 saturated carbocycles. The summed E-state index contributed by atoms with van der Waals surface area (Å²) < 4.78 is 0. The third-order valence-corrected chi connectivity index (χ3v) is 4.74. The first-order valence-electron chi connectivity index (χ1n) is 9.02. The van der Waals surface area contributed by atoms with Crippen molar-refractivity contribution in [3.05, 3.63) is 88.9 Å². The minimum absolute atomic E-state index is 0.0633. The molecule has 3 aromatic carbocycles. The van der Waals surface area contributed by atoms with E-state index in [-0.39, 0.29) is 11.5 Å². The molecular formula is C23H16ClN3O3. The largest absolute Gasteiger partial charge is 0.508 e. The maximum atomic E-state index is 12.8. The first-order valence-corrected chi connectivity index (χ1v) is 9.40. The van der Waals surface area contributed by atoms with Gasteiger partial charge in [0.1, 0.15) is 11.5 Å². The van der Waals surface area contributed by atoms with Crippen molar-refractivity contribution in [2.45, 2.75) is 0 Å². The summed E-state index contributed by atoms with van der Waals surface area (Å²) in [6.45, 7) is 0. The average Bonchev–Trinajstić information content (AvgIpc) is 2.75. The van der Waals surface area contributed by atoms with E-state index in [0.717, 1.165) is 5.56 Å². The second-order valence-corrected chi connectivity index (χ2v) is 6.96. The lowest BCUT2D eigenvalue weighted by molar-refractivity contribution is 0.0956. The van der Waals surface area contributed by atoms with Gasteiger partial charge in [-0.3, -0.25) is 4.79 Å². The number of aromatic hydroxyl groups is 2. The molecular weight excluding hydrogens is 402 g/mol. The Morgan fingerprint density at radius 3 is 2.53 bits per heavy atom. The summed E-state index contributed by atoms with van der Waals surface area (Å²) in [5.74, 6) is -0.627. The molecule has 1 aromatic heterocycles. The molecule has 0 radical (unpaired) electrons. The fourth-order valence-electron chi connectivity index (χ4n) is 2.99. The molecule has 0 aliphatic heterocycles. The van der Waals surface area contributed by atoms with Crippen LogP contribution in [-0.2, 0) is 0 Å². The van der Waals surface area contributed by atoms with Gasteiger partial charge in [0.05, 0.1) is 23.0 Å². The van der Waals surface area contributed by atoms with Crippen molar-refractivity contribution in [3.8, 4) is 22.8 Å². The molecule has 6 nitrogen and oxygen atoms in total. The van der Waals surface area contributed by atoms with Crippen LogP contribution in [0.3, 0.4) is 0 Å². The molecule has 0 aliphatic carbocycles. The van der Waals surface area contributed by atoms with E-state index in [9.17, 15) is 15.0 Å². The van der Waals surface area contributed by atoms with E-state index in [1.54, 1.807) is 18.2 Å². The van der Waals surface area contributed by atoms with Crippen LogP contribution in [0.2, 0.25) is 5.02 Å². The zero-order chi connectivity index (χ0) is 21.1. The van der Waals surface area contributed by atoms with E-state index in [1.807, 2.05) is 36.4 Å². The summed E-state index contributed by atoms with van der Waals surface area (Å²) in [4.78, 5) is 17.5. The van der Waals surface area contributed by atoms with Gasteiger partial charge in [0.25, 0.3) is 5.91 Å². The molecule has 0 spiro atoms. The minimum atomic E-state index is -0.418. The maximum absolute atomic E-state index is 12.8. The van der Waals surface area contributed by atoms with E-state index in [1.165, 1.54) is 24.4 Å². The molecule has 0 saturated heterocycles. The Balaban J connectivity index is 1.67. The number of carbonyl (C=O) groups is 1. The minimum Gasteiger partial charge on any atom is -0.508 e. The Labute approximate surface area is 177 Å². The number of rotatable bonds is 4. The Kier molecular flexibility index (Phi) is 5.32. The van der Waals surface area contributed by atoms with Crippen molar-refractivity contribution >= 4 is 34.6 Å². The van der Waals surface area contributed by atoms with Crippen molar-refractivity contribution in [2.24, 2.45) is 5.10 Å². The fraction of sp³-hybridized carbons (Fsp3) is 0. The molecule has 0 bridgehead atoms. The van der Waals surface area contributed by atoms with Crippen LogP contribution >= 0.6 is 11.6 Å². The first-order chi connectivity index (χ1) is 14.5. The number of benzene rings is 3. The Morgan fingerprint density at radius 2 is 1.77 bits per heavy atom. The standard InChI is InChI=1S/C23H16ClN3O3/c24-16-8-5-14(6-9-16)21-12-19(18-3-1-2-4-20(18)26-21)23(30)27-25-13-15-7-10-17(28)11-22(15)29/h1-13,28-29H,(H,27,30)/b25-13+. The van der Waals surface area contributed by atoms with Crippen LogP contribution in [0.1, 0.15) is 15.9 Å². The zero-order valence-corrected chi connectivity index (χ0v) is 16.3. The number of hydrogen-bond donors (Lipinski definition) is 3. The van der Waals surface area contributed by atoms with Gasteiger partial charge in [0.2, 0.25) is 0 Å². The van der Waals surface area contributed by atoms with E-state index in [4.69, 9.17) is 11.6 Å². The van der Waals surface area contributed by atoms with Crippen LogP contribution in [-0.4, -0.2) is 27.3 Å². The van der Waals surface area contributed by atoms with Crippen LogP contribution < -0.4 is 5.43 Å². The monoisotopic (exact) mass is 417 g/mol. The number of hydrogen-bond acceptors (Lipinski definition) is 5. The summed E-state index contributed by atoms with van der Waals surface area (Å²) in [5, 5.41) is 24.4. The summed E-state index contributed by atoms with van der Waals surface area (Å²) in [7, 11) is 0. The van der Waals surface area contributed by atoms with Crippen LogP contribution in [0.15, 0.2) is 77.9 Å². The van der Waals surface area contributed by atoms with E-state index in [0.29, 0.717) is 32.7 Å². The highest BCUT2D eigenvalue weighted by Gasteiger charge is 2.13. The summed E-state index contributed by atoms with van der Waals surface area (Å²) >= 11 is 5.97. The van der Waals surface area contributed by atoms with Crippen molar-refractivity contribution in [2.75, 3.05) is 0 Å². The molecule has 4 rings (SSSR count). The summed E-state index contributed by atoms with van der Waals surface area (Å²) in [6, 6.07) is 20.4. The highest BCUT2D eigenvalue weighted by Crippen LogP contribution is 2.26. The average molecular weight is 418 g/mol. The van der Waals surface area contributed by atoms with E-state index in [2.05, 4.69) is 15.5 Å². The number of phenols is 2. The SMILES string of the molecule is O=C(N/N=C/c1ccc(O)cc1O)c1cc(-c2ccc(Cl)cc2)nc2ccccc12. The normalized spacial score (nSPS) is 11.1. The molecule has 0 unspecified atom stereocenters. The summed E-state index contributed by atoms with van der Waals surface area (Å²) in [6.07, 6.45) is 1.30. The Morgan fingerprint density at radius 1 is 1.00 bits per heavy atom. The van der Waals surface area contributed by atoms with Crippen LogP contribution in [0.4, 0.5) is 0 Å². The second kappa shape index (κ2) is 8.23. The molecule has 4 aromatic rings. The maximum Gasteiger partial charge on any atom is 0.272 e. The van der Waals surface area contributed by atoms with Crippen LogP contribution in [0.5, 0.6) is 11.5 Å². The molecule has 148 valence electrons. The van der Waals surface area contributed by atoms with Gasteiger partial charge in [-0.1, -0.05) is 41.9 Å². The molecule has 0 fully saturated rings. The van der Waals surface area contributed by atoms with Gasteiger partial charge >= 0.3 is 0 Å². The third kappa shape index (κ3) is 4.09. The van der Waals surface area contributed by atoms with Gasteiger partial charge in [-0.25, -0.2) is 10.4 Å². The predicted molar refractivity (Wildman–Crippen MR) is 117 cm³/mol. The molecule has 3 N–H and O–H groups in total. The van der Waals surface area contributed by atoms with Gasteiger partial charge < -0.3 is 10.2 Å². The number of amides is 1. The second-order valence-electron chi connectivity index (χ2n) is 6.52. The number of phenolic OH excluding ortho intramolecular Hbond substituents is 2. The highest BCUT2D eigenvalue weighted by molar-refractivity contribution is 6.30. The fourth-order valence-corrected chi connectivity index (χ4v) is 3.12. The predicted octanol–water partition coefficient (Wildman–Crippen LogP) is 4.73. The molecule has 1 heterocycles. The van der Waals surface area contributed by atoms with Crippen LogP contribution in [0, 0.1) is 0 Å². The number of nitrogens with one attached hydrogen (secondary N) is 1. The Hall–Kier alpha value is -3.90. The van der Waals surface area contributed by atoms with E-state index >= 15 is 0 Å². The Bertz CT molecular complexity index is 1270. The number of carbonyl (C=O) groups excluding carboxylic acids is 1. The molecule has 30 heavy (non-hydrogen) atoms. The highest BCUT2D eigenvalue weighted by atomic mass is 35.5. The lowest BCUT2D eigenvalue weighted by Gasteiger charge is -2.09. The number of hydrazone groups is 1. The number of halogens is 1. The quantitative estimate of drug-likeness (QED) is 0.330. The van der Waals surface area contributed by atoms with Gasteiger partial charge in [0.15, 0.2) is 0 Å². The topological polar surface area (TPSA) is 94.8 Å². The number of fused-ring (bicyclic) bond motifs is 1. The zero-order valence-electron chi connectivity index (χ0n) is 15.6. The smallest absolute Gasteiger partial charge is 0.272 e. The van der Waals surface area contributed by atoms with E-state index < -0.39 is 5.91 Å². The first kappa shape index (κ1) is 19.4. The molecule has 7 heteroatoms. The van der Waals surface area contributed by atoms with Gasteiger partial charge in [-0.05, 0) is 36.4 Å². The van der Waals surface area contributed by atoms with Crippen molar-refractivity contribution in [1.82, 2.24) is 10.4 Å². The molecule has 0 atom stereocenters. The number of nitrogens with zero attached hydrogens (tertiary/aromatic N) is 2. The number of para-hydroxylation sites is 1. The molecule has 0 aliphatic rings. The van der Waals surface area contributed by atoms with Gasteiger partial charge in [-0.2, -0.15) is 5.10 Å². The van der Waals surface area contributed by atoms with Crippen molar-refractivity contribution < 1.29 is 15.0 Å². The number of pyridine rings is 1. The number of aromatic nitrogens is 1. The lowest BCUT2D eigenvalue weighted by atomic mass is 10.0. The molecule has 1 amide bonds. The van der Waals surface area contributed by atoms with Crippen LogP contribution in [0.25, 0.3) is 22.2 Å². The third-order valence-electron chi connectivity index (χ3n) is 4.48.